The third-order valence-electron chi connectivity index (χ3n) is 3.30. The van der Waals surface area contributed by atoms with Gasteiger partial charge in [-0.1, -0.05) is 26.8 Å². The fourth-order valence-electron chi connectivity index (χ4n) is 2.20. The lowest BCUT2D eigenvalue weighted by atomic mass is 9.84. The summed E-state index contributed by atoms with van der Waals surface area (Å²) in [5.74, 6) is 0.766. The van der Waals surface area contributed by atoms with Gasteiger partial charge >= 0.3 is 0 Å². The van der Waals surface area contributed by atoms with Crippen molar-refractivity contribution in [3.8, 4) is 0 Å². The minimum atomic E-state index is 0.125. The van der Waals surface area contributed by atoms with Gasteiger partial charge in [0.05, 0.1) is 0 Å². The molecule has 1 N–H and O–H groups in total. The van der Waals surface area contributed by atoms with Gasteiger partial charge in [-0.15, -0.1) is 0 Å². The molecule has 0 spiro atoms. The Balaban J connectivity index is 2.26. The lowest BCUT2D eigenvalue weighted by Gasteiger charge is -2.20. The number of aromatic amines is 1. The average molecular weight is 215 g/mol. The van der Waals surface area contributed by atoms with Crippen molar-refractivity contribution >= 4 is 11.0 Å². The van der Waals surface area contributed by atoms with E-state index in [2.05, 4.69) is 48.3 Å². The summed E-state index contributed by atoms with van der Waals surface area (Å²) >= 11 is 0. The summed E-state index contributed by atoms with van der Waals surface area (Å²) in [5, 5.41) is 11.2. The predicted octanol–water partition coefficient (Wildman–Crippen LogP) is 3.13. The molecule has 2 aromatic rings. The Morgan fingerprint density at radius 2 is 1.94 bits per heavy atom. The van der Waals surface area contributed by atoms with Gasteiger partial charge in [-0.05, 0) is 41.4 Å². The molecule has 3 heteroatoms. The van der Waals surface area contributed by atoms with E-state index in [4.69, 9.17) is 0 Å². The quantitative estimate of drug-likeness (QED) is 0.794. The lowest BCUT2D eigenvalue weighted by Crippen LogP contribution is -2.12. The summed E-state index contributed by atoms with van der Waals surface area (Å²) < 4.78 is 0. The van der Waals surface area contributed by atoms with Gasteiger partial charge in [-0.3, -0.25) is 0 Å². The maximum atomic E-state index is 4.27. The summed E-state index contributed by atoms with van der Waals surface area (Å²) in [5.41, 5.74) is 4.90. The largest absolute Gasteiger partial charge is 0.197 e. The van der Waals surface area contributed by atoms with Gasteiger partial charge in [-0.25, -0.2) is 0 Å². The maximum absolute atomic E-state index is 4.27. The molecule has 0 unspecified atom stereocenters. The van der Waals surface area contributed by atoms with Crippen LogP contribution in [0.5, 0.6) is 0 Å². The Morgan fingerprint density at radius 3 is 2.56 bits per heavy atom. The number of hydrogen-bond donors (Lipinski definition) is 1. The summed E-state index contributed by atoms with van der Waals surface area (Å²) in [6.45, 7) is 6.69. The number of nitrogens with one attached hydrogen (secondary N) is 1. The highest BCUT2D eigenvalue weighted by Gasteiger charge is 2.27. The Bertz CT molecular complexity index is 530. The fourth-order valence-corrected chi connectivity index (χ4v) is 2.20. The van der Waals surface area contributed by atoms with Crippen molar-refractivity contribution in [3.05, 3.63) is 23.3 Å². The summed E-state index contributed by atoms with van der Waals surface area (Å²) in [4.78, 5) is 0. The van der Waals surface area contributed by atoms with Gasteiger partial charge < -0.3 is 0 Å². The van der Waals surface area contributed by atoms with Crippen LogP contribution in [0, 0.1) is 0 Å². The Kier molecular flexibility index (Phi) is 1.88. The Hall–Kier alpha value is -1.38. The third-order valence-corrected chi connectivity index (χ3v) is 3.30. The number of benzene rings is 1. The van der Waals surface area contributed by atoms with Gasteiger partial charge in [0.25, 0.3) is 0 Å². The first-order valence-corrected chi connectivity index (χ1v) is 5.90. The maximum Gasteiger partial charge on any atom is 0.116 e. The van der Waals surface area contributed by atoms with Gasteiger partial charge in [0.1, 0.15) is 11.0 Å². The van der Waals surface area contributed by atoms with Crippen molar-refractivity contribution in [2.75, 3.05) is 0 Å². The minimum Gasteiger partial charge on any atom is -0.197 e. The Labute approximate surface area is 95.2 Å². The number of H-pyrrole nitrogens is 1. The van der Waals surface area contributed by atoms with Crippen molar-refractivity contribution in [2.45, 2.75) is 44.9 Å². The molecule has 0 amide bonds. The van der Waals surface area contributed by atoms with Crippen LogP contribution < -0.4 is 0 Å². The molecule has 1 heterocycles. The number of aromatic nitrogens is 3. The number of fused-ring (bicyclic) bond motifs is 1. The fraction of sp³-hybridized carbons (Fsp3) is 0.538. The molecule has 84 valence electrons. The van der Waals surface area contributed by atoms with E-state index < -0.39 is 0 Å². The second kappa shape index (κ2) is 3.06. The molecule has 1 fully saturated rings. The zero-order chi connectivity index (χ0) is 11.3. The molecule has 1 aliphatic rings. The van der Waals surface area contributed by atoms with E-state index in [1.807, 2.05) is 0 Å². The minimum absolute atomic E-state index is 0.125. The molecule has 0 saturated heterocycles. The highest BCUT2D eigenvalue weighted by Crippen LogP contribution is 2.42. The summed E-state index contributed by atoms with van der Waals surface area (Å²) in [6, 6.07) is 4.51. The van der Waals surface area contributed by atoms with E-state index in [-0.39, 0.29) is 5.41 Å². The highest BCUT2D eigenvalue weighted by molar-refractivity contribution is 5.79. The van der Waals surface area contributed by atoms with Crippen molar-refractivity contribution in [2.24, 2.45) is 0 Å². The van der Waals surface area contributed by atoms with Crippen LogP contribution in [0.2, 0.25) is 0 Å². The number of hydrogen-bond acceptors (Lipinski definition) is 2. The second-order valence-corrected chi connectivity index (χ2v) is 5.78. The highest BCUT2D eigenvalue weighted by atomic mass is 15.3. The van der Waals surface area contributed by atoms with Crippen LogP contribution in [0.1, 0.15) is 50.7 Å². The van der Waals surface area contributed by atoms with Gasteiger partial charge in [0, 0.05) is 0 Å². The Morgan fingerprint density at radius 1 is 1.19 bits per heavy atom. The first kappa shape index (κ1) is 9.82. The van der Waals surface area contributed by atoms with E-state index >= 15 is 0 Å². The van der Waals surface area contributed by atoms with Gasteiger partial charge in [0.15, 0.2) is 0 Å². The zero-order valence-electron chi connectivity index (χ0n) is 10.0. The van der Waals surface area contributed by atoms with Gasteiger partial charge in [-0.2, -0.15) is 15.4 Å². The van der Waals surface area contributed by atoms with Crippen LogP contribution in [0.25, 0.3) is 11.0 Å². The predicted molar refractivity (Wildman–Crippen MR) is 64.6 cm³/mol. The van der Waals surface area contributed by atoms with Crippen molar-refractivity contribution in [1.29, 1.82) is 0 Å². The molecule has 1 aromatic heterocycles. The van der Waals surface area contributed by atoms with Gasteiger partial charge in [0.2, 0.25) is 0 Å². The SMILES string of the molecule is CC(C)(C)c1cc(C2CC2)cc2n[nH]nc12. The summed E-state index contributed by atoms with van der Waals surface area (Å²) in [7, 11) is 0. The normalized spacial score (nSPS) is 16.9. The molecule has 1 aromatic carbocycles. The standard InChI is InChI=1S/C13H17N3/c1-13(2,3)10-6-9(8-4-5-8)7-11-12(10)15-16-14-11/h6-8H,4-5H2,1-3H3,(H,14,15,16). The smallest absolute Gasteiger partial charge is 0.116 e. The van der Waals surface area contributed by atoms with Crippen LogP contribution in [-0.4, -0.2) is 15.4 Å². The molecule has 0 bridgehead atoms. The molecule has 1 aliphatic carbocycles. The number of rotatable bonds is 1. The molecular formula is C13H17N3. The molecule has 3 nitrogen and oxygen atoms in total. The van der Waals surface area contributed by atoms with Crippen molar-refractivity contribution in [1.82, 2.24) is 15.4 Å². The monoisotopic (exact) mass is 215 g/mol. The third kappa shape index (κ3) is 1.51. The van der Waals surface area contributed by atoms with Crippen LogP contribution >= 0.6 is 0 Å². The van der Waals surface area contributed by atoms with Crippen molar-refractivity contribution in [3.63, 3.8) is 0 Å². The molecule has 0 aliphatic heterocycles. The van der Waals surface area contributed by atoms with Crippen LogP contribution in [-0.2, 0) is 5.41 Å². The average Bonchev–Trinajstić information content (AvgIpc) is 2.94. The molecule has 1 saturated carbocycles. The lowest BCUT2D eigenvalue weighted by molar-refractivity contribution is 0.593. The topological polar surface area (TPSA) is 41.6 Å². The first-order chi connectivity index (χ1) is 7.55. The number of nitrogens with zero attached hydrogens (tertiary/aromatic N) is 2. The zero-order valence-corrected chi connectivity index (χ0v) is 10.0. The van der Waals surface area contributed by atoms with E-state index in [1.54, 1.807) is 0 Å². The van der Waals surface area contributed by atoms with Crippen molar-refractivity contribution < 1.29 is 0 Å². The van der Waals surface area contributed by atoms with E-state index in [1.165, 1.54) is 24.0 Å². The van der Waals surface area contributed by atoms with Crippen LogP contribution in [0.15, 0.2) is 12.1 Å². The van der Waals surface area contributed by atoms with Crippen LogP contribution in [0.3, 0.4) is 0 Å². The van der Waals surface area contributed by atoms with Crippen LogP contribution in [0.4, 0.5) is 0 Å². The molecule has 16 heavy (non-hydrogen) atoms. The molecular weight excluding hydrogens is 198 g/mol. The molecule has 0 atom stereocenters. The van der Waals surface area contributed by atoms with E-state index in [0.717, 1.165) is 17.0 Å². The van der Waals surface area contributed by atoms with E-state index in [9.17, 15) is 0 Å². The second-order valence-electron chi connectivity index (χ2n) is 5.78. The van der Waals surface area contributed by atoms with E-state index in [0.29, 0.717) is 0 Å². The molecule has 0 radical (unpaired) electrons. The first-order valence-electron chi connectivity index (χ1n) is 5.90. The summed E-state index contributed by atoms with van der Waals surface area (Å²) in [6.07, 6.45) is 2.65. The molecule has 3 rings (SSSR count).